The number of nitrogens with zero attached hydrogens (tertiary/aromatic N) is 2. The van der Waals surface area contributed by atoms with Gasteiger partial charge in [0.05, 0.1) is 12.0 Å². The van der Waals surface area contributed by atoms with Crippen LogP contribution in [0.3, 0.4) is 0 Å². The van der Waals surface area contributed by atoms with Gasteiger partial charge in [-0.15, -0.1) is 0 Å². The third-order valence-corrected chi connectivity index (χ3v) is 3.70. The van der Waals surface area contributed by atoms with Crippen molar-refractivity contribution in [2.24, 2.45) is 11.1 Å². The summed E-state index contributed by atoms with van der Waals surface area (Å²) in [6.45, 7) is 6.71. The van der Waals surface area contributed by atoms with Gasteiger partial charge < -0.3 is 10.3 Å². The highest BCUT2D eigenvalue weighted by Gasteiger charge is 2.36. The lowest BCUT2D eigenvalue weighted by molar-refractivity contribution is 0.254. The van der Waals surface area contributed by atoms with E-state index < -0.39 is 0 Å². The molecular formula is C12H21N3. The summed E-state index contributed by atoms with van der Waals surface area (Å²) in [6.07, 6.45) is 7.71. The fourth-order valence-corrected chi connectivity index (χ4v) is 2.75. The summed E-state index contributed by atoms with van der Waals surface area (Å²) >= 11 is 0. The topological polar surface area (TPSA) is 43.8 Å². The van der Waals surface area contributed by atoms with Crippen LogP contribution in [0.4, 0.5) is 0 Å². The summed E-state index contributed by atoms with van der Waals surface area (Å²) in [6, 6.07) is 0.643. The van der Waals surface area contributed by atoms with Crippen molar-refractivity contribution in [3.05, 3.63) is 18.2 Å². The molecular weight excluding hydrogens is 186 g/mol. The molecule has 0 bridgehead atoms. The molecule has 1 aliphatic carbocycles. The molecule has 2 atom stereocenters. The van der Waals surface area contributed by atoms with Gasteiger partial charge in [0.1, 0.15) is 0 Å². The van der Waals surface area contributed by atoms with Gasteiger partial charge in [0.25, 0.3) is 0 Å². The van der Waals surface area contributed by atoms with E-state index in [2.05, 4.69) is 23.4 Å². The summed E-state index contributed by atoms with van der Waals surface area (Å²) < 4.78 is 2.29. The zero-order valence-corrected chi connectivity index (χ0v) is 9.90. The van der Waals surface area contributed by atoms with Gasteiger partial charge >= 0.3 is 0 Å². The van der Waals surface area contributed by atoms with Crippen LogP contribution in [0, 0.1) is 5.41 Å². The Morgan fingerprint density at radius 1 is 1.60 bits per heavy atom. The van der Waals surface area contributed by atoms with Crippen LogP contribution in [0.15, 0.2) is 12.5 Å². The van der Waals surface area contributed by atoms with E-state index in [0.29, 0.717) is 11.5 Å². The molecule has 0 aromatic carbocycles. The van der Waals surface area contributed by atoms with Crippen molar-refractivity contribution in [3.63, 3.8) is 0 Å². The van der Waals surface area contributed by atoms with E-state index in [9.17, 15) is 0 Å². The van der Waals surface area contributed by atoms with Crippen molar-refractivity contribution in [3.8, 4) is 0 Å². The normalized spacial score (nSPS) is 26.8. The molecule has 1 aromatic heterocycles. The van der Waals surface area contributed by atoms with E-state index in [-0.39, 0.29) is 6.04 Å². The average molecular weight is 207 g/mol. The molecule has 2 N–H and O–H groups in total. The third kappa shape index (κ3) is 1.81. The predicted molar refractivity (Wildman–Crippen MR) is 61.5 cm³/mol. The van der Waals surface area contributed by atoms with E-state index >= 15 is 0 Å². The Labute approximate surface area is 91.7 Å². The number of hydrogen-bond donors (Lipinski definition) is 1. The molecule has 1 heterocycles. The highest BCUT2D eigenvalue weighted by atomic mass is 15.1. The first kappa shape index (κ1) is 10.7. The van der Waals surface area contributed by atoms with Crippen LogP contribution in [0.5, 0.6) is 0 Å². The van der Waals surface area contributed by atoms with E-state index in [1.807, 2.05) is 19.4 Å². The van der Waals surface area contributed by atoms with Crippen LogP contribution in [-0.2, 0) is 0 Å². The Kier molecular flexibility index (Phi) is 2.59. The number of hydrogen-bond acceptors (Lipinski definition) is 2. The molecule has 1 aromatic rings. The summed E-state index contributed by atoms with van der Waals surface area (Å²) in [4.78, 5) is 4.24. The highest BCUT2D eigenvalue weighted by molar-refractivity contribution is 5.07. The molecule has 15 heavy (non-hydrogen) atoms. The Hall–Kier alpha value is -0.830. The van der Waals surface area contributed by atoms with E-state index in [4.69, 9.17) is 5.73 Å². The van der Waals surface area contributed by atoms with E-state index in [1.54, 1.807) is 0 Å². The molecule has 0 spiro atoms. The van der Waals surface area contributed by atoms with Crippen molar-refractivity contribution >= 4 is 0 Å². The first-order chi connectivity index (χ1) is 7.02. The summed E-state index contributed by atoms with van der Waals surface area (Å²) in [7, 11) is 0. The van der Waals surface area contributed by atoms with Crippen LogP contribution in [-0.4, -0.2) is 9.55 Å². The highest BCUT2D eigenvalue weighted by Crippen LogP contribution is 2.46. The lowest BCUT2D eigenvalue weighted by atomic mass is 9.87. The van der Waals surface area contributed by atoms with Gasteiger partial charge in [-0.3, -0.25) is 0 Å². The monoisotopic (exact) mass is 207 g/mol. The first-order valence-electron chi connectivity index (χ1n) is 5.79. The third-order valence-electron chi connectivity index (χ3n) is 3.70. The van der Waals surface area contributed by atoms with E-state index in [0.717, 1.165) is 5.69 Å². The number of aromatic nitrogens is 2. The maximum atomic E-state index is 5.95. The van der Waals surface area contributed by atoms with Crippen molar-refractivity contribution in [1.29, 1.82) is 0 Å². The average Bonchev–Trinajstić information content (AvgIpc) is 2.69. The molecule has 1 unspecified atom stereocenters. The molecule has 0 amide bonds. The lowest BCUT2D eigenvalue weighted by Crippen LogP contribution is -2.24. The second kappa shape index (κ2) is 3.63. The van der Waals surface area contributed by atoms with Gasteiger partial charge in [-0.1, -0.05) is 20.3 Å². The second-order valence-corrected chi connectivity index (χ2v) is 5.41. The lowest BCUT2D eigenvalue weighted by Gasteiger charge is -2.30. The molecule has 1 fully saturated rings. The van der Waals surface area contributed by atoms with Gasteiger partial charge in [-0.2, -0.15) is 0 Å². The molecule has 1 saturated carbocycles. The first-order valence-corrected chi connectivity index (χ1v) is 5.79. The van der Waals surface area contributed by atoms with Crippen LogP contribution < -0.4 is 5.73 Å². The molecule has 2 rings (SSSR count). The van der Waals surface area contributed by atoms with Crippen LogP contribution >= 0.6 is 0 Å². The van der Waals surface area contributed by atoms with E-state index in [1.165, 1.54) is 19.3 Å². The number of nitrogens with two attached hydrogens (primary N) is 1. The fraction of sp³-hybridized carbons (Fsp3) is 0.750. The van der Waals surface area contributed by atoms with Gasteiger partial charge in [-0.25, -0.2) is 4.98 Å². The molecule has 3 heteroatoms. The van der Waals surface area contributed by atoms with Crippen LogP contribution in [0.25, 0.3) is 0 Å². The van der Waals surface area contributed by atoms with Gasteiger partial charge in [0.15, 0.2) is 0 Å². The Morgan fingerprint density at radius 3 is 2.87 bits per heavy atom. The second-order valence-electron chi connectivity index (χ2n) is 5.41. The Bertz CT molecular complexity index is 338. The largest absolute Gasteiger partial charge is 0.330 e. The minimum Gasteiger partial charge on any atom is -0.330 e. The Morgan fingerprint density at radius 2 is 2.33 bits per heavy atom. The quantitative estimate of drug-likeness (QED) is 0.810. The maximum absolute atomic E-state index is 5.95. The molecule has 0 saturated heterocycles. The molecule has 84 valence electrons. The fourth-order valence-electron chi connectivity index (χ4n) is 2.75. The molecule has 3 nitrogen and oxygen atoms in total. The minimum absolute atomic E-state index is 0.0731. The number of imidazole rings is 1. The standard InChI is InChI=1S/C12H21N3/c1-9(13)10-7-14-8-15(10)11-5-4-6-12(11,2)3/h7-9,11H,4-6,13H2,1-3H3/t9-,11?/m1/s1. The van der Waals surface area contributed by atoms with Crippen molar-refractivity contribution in [1.82, 2.24) is 9.55 Å². The minimum atomic E-state index is 0.0731. The molecule has 0 radical (unpaired) electrons. The van der Waals surface area contributed by atoms with Crippen LogP contribution in [0.2, 0.25) is 0 Å². The Balaban J connectivity index is 2.33. The van der Waals surface area contributed by atoms with Gasteiger partial charge in [0.2, 0.25) is 0 Å². The zero-order valence-electron chi connectivity index (χ0n) is 9.90. The van der Waals surface area contributed by atoms with Crippen molar-refractivity contribution < 1.29 is 0 Å². The summed E-state index contributed by atoms with van der Waals surface area (Å²) in [5.41, 5.74) is 7.50. The van der Waals surface area contributed by atoms with Crippen molar-refractivity contribution in [2.45, 2.75) is 52.1 Å². The predicted octanol–water partition coefficient (Wildman–Crippen LogP) is 2.65. The molecule has 0 aliphatic heterocycles. The smallest absolute Gasteiger partial charge is 0.0951 e. The maximum Gasteiger partial charge on any atom is 0.0951 e. The molecule has 1 aliphatic rings. The van der Waals surface area contributed by atoms with Gasteiger partial charge in [0, 0.05) is 18.3 Å². The number of rotatable bonds is 2. The SMILES string of the molecule is C[C@@H](N)c1cncn1C1CCCC1(C)C. The van der Waals surface area contributed by atoms with Gasteiger partial charge in [-0.05, 0) is 25.2 Å². The zero-order chi connectivity index (χ0) is 11.1. The van der Waals surface area contributed by atoms with Crippen LogP contribution in [0.1, 0.15) is 57.8 Å². The summed E-state index contributed by atoms with van der Waals surface area (Å²) in [5, 5.41) is 0. The summed E-state index contributed by atoms with van der Waals surface area (Å²) in [5.74, 6) is 0. The van der Waals surface area contributed by atoms with Crippen molar-refractivity contribution in [2.75, 3.05) is 0 Å².